The van der Waals surface area contributed by atoms with Gasteiger partial charge < -0.3 is 19.7 Å². The molecule has 0 saturated carbocycles. The summed E-state index contributed by atoms with van der Waals surface area (Å²) in [6.45, 7) is 4.80. The van der Waals surface area contributed by atoms with Crippen molar-refractivity contribution in [1.82, 2.24) is 20.5 Å². The number of ether oxygens (including phenoxy) is 2. The Hall–Kier alpha value is -3.66. The number of amides is 1. The van der Waals surface area contributed by atoms with E-state index in [-0.39, 0.29) is 35.7 Å². The minimum absolute atomic E-state index is 0.0393. The van der Waals surface area contributed by atoms with Crippen molar-refractivity contribution in [3.05, 3.63) is 65.5 Å². The molecule has 1 N–H and O–H groups in total. The van der Waals surface area contributed by atoms with Gasteiger partial charge in [-0.2, -0.15) is 14.6 Å². The first-order valence-electron chi connectivity index (χ1n) is 10.6. The molecule has 0 spiro atoms. The number of morpholine rings is 1. The van der Waals surface area contributed by atoms with E-state index in [1.54, 1.807) is 19.2 Å². The van der Waals surface area contributed by atoms with E-state index in [1.165, 1.54) is 24.4 Å². The number of hydrogen-bond acceptors (Lipinski definition) is 7. The van der Waals surface area contributed by atoms with Gasteiger partial charge in [0.2, 0.25) is 5.82 Å². The maximum Gasteiger partial charge on any atom is 0.253 e. The van der Waals surface area contributed by atoms with Crippen LogP contribution >= 0.6 is 0 Å². The lowest BCUT2D eigenvalue weighted by Crippen LogP contribution is -2.37. The number of aromatic nitrogens is 3. The number of nitrogens with one attached hydrogen (secondary N) is 1. The van der Waals surface area contributed by atoms with E-state index >= 15 is 0 Å². The van der Waals surface area contributed by atoms with Gasteiger partial charge in [-0.25, -0.2) is 9.37 Å². The van der Waals surface area contributed by atoms with Crippen molar-refractivity contribution in [1.29, 1.82) is 0 Å². The zero-order chi connectivity index (χ0) is 23.2. The van der Waals surface area contributed by atoms with Crippen LogP contribution < -0.4 is 15.0 Å². The number of carbonyl (C=O) groups is 1. The van der Waals surface area contributed by atoms with E-state index in [0.717, 1.165) is 24.5 Å². The number of benzene rings is 1. The highest BCUT2D eigenvalue weighted by atomic mass is 19.2. The van der Waals surface area contributed by atoms with Gasteiger partial charge in [-0.15, -0.1) is 0 Å². The molecular formula is C23H23F2N5O3. The van der Waals surface area contributed by atoms with Crippen LogP contribution in [0.1, 0.15) is 22.8 Å². The van der Waals surface area contributed by atoms with Crippen LogP contribution in [0.4, 0.5) is 14.6 Å². The first-order valence-corrected chi connectivity index (χ1v) is 10.6. The Kier molecular flexibility index (Phi) is 7.04. The van der Waals surface area contributed by atoms with Crippen molar-refractivity contribution < 1.29 is 23.0 Å². The SMILES string of the molecule is CCOc1ccc(-c2cc(C(=O)NCc3cccnc3N3CCOCC3)cnn2)c(F)c1F. The summed E-state index contributed by atoms with van der Waals surface area (Å²) in [5.74, 6) is -2.04. The molecule has 0 bridgehead atoms. The lowest BCUT2D eigenvalue weighted by atomic mass is 10.1. The Balaban J connectivity index is 1.50. The first kappa shape index (κ1) is 22.5. The molecule has 1 aliphatic rings. The number of rotatable bonds is 7. The summed E-state index contributed by atoms with van der Waals surface area (Å²) in [5, 5.41) is 10.5. The Morgan fingerprint density at radius 3 is 2.82 bits per heavy atom. The highest BCUT2D eigenvalue weighted by Crippen LogP contribution is 2.29. The highest BCUT2D eigenvalue weighted by molar-refractivity contribution is 5.94. The lowest BCUT2D eigenvalue weighted by Gasteiger charge is -2.29. The molecule has 10 heteroatoms. The molecule has 3 heterocycles. The van der Waals surface area contributed by atoms with Crippen LogP contribution in [-0.2, 0) is 11.3 Å². The third-order valence-electron chi connectivity index (χ3n) is 5.16. The predicted molar refractivity (Wildman–Crippen MR) is 117 cm³/mol. The number of nitrogens with zero attached hydrogens (tertiary/aromatic N) is 4. The molecule has 1 aromatic carbocycles. The summed E-state index contributed by atoms with van der Waals surface area (Å²) in [4.78, 5) is 19.3. The molecule has 0 aliphatic carbocycles. The summed E-state index contributed by atoms with van der Waals surface area (Å²) in [5.41, 5.74) is 0.956. The van der Waals surface area contributed by atoms with E-state index in [1.807, 2.05) is 6.07 Å². The fraction of sp³-hybridized carbons (Fsp3) is 0.304. The Bertz CT molecular complexity index is 1140. The van der Waals surface area contributed by atoms with Crippen LogP contribution in [0.3, 0.4) is 0 Å². The van der Waals surface area contributed by atoms with Gasteiger partial charge in [0, 0.05) is 37.0 Å². The molecular weight excluding hydrogens is 432 g/mol. The quantitative estimate of drug-likeness (QED) is 0.586. The van der Waals surface area contributed by atoms with Gasteiger partial charge in [-0.3, -0.25) is 4.79 Å². The fourth-order valence-corrected chi connectivity index (χ4v) is 3.52. The van der Waals surface area contributed by atoms with Gasteiger partial charge >= 0.3 is 0 Å². The van der Waals surface area contributed by atoms with E-state index in [2.05, 4.69) is 25.4 Å². The molecule has 1 fully saturated rings. The van der Waals surface area contributed by atoms with Crippen LogP contribution in [0.25, 0.3) is 11.3 Å². The molecule has 1 saturated heterocycles. The minimum atomic E-state index is -1.11. The zero-order valence-electron chi connectivity index (χ0n) is 18.1. The summed E-state index contributed by atoms with van der Waals surface area (Å²) in [7, 11) is 0. The topological polar surface area (TPSA) is 89.5 Å². The summed E-state index contributed by atoms with van der Waals surface area (Å²) in [6, 6.07) is 7.74. The minimum Gasteiger partial charge on any atom is -0.491 e. The van der Waals surface area contributed by atoms with Crippen molar-refractivity contribution in [2.24, 2.45) is 0 Å². The number of hydrogen-bond donors (Lipinski definition) is 1. The van der Waals surface area contributed by atoms with Gasteiger partial charge in [0.05, 0.1) is 37.3 Å². The summed E-state index contributed by atoms with van der Waals surface area (Å²) >= 11 is 0. The standard InChI is InChI=1S/C23H23F2N5O3/c1-2-33-19-6-5-17(20(24)21(19)25)18-12-16(14-28-29-18)23(31)27-13-15-4-3-7-26-22(15)30-8-10-32-11-9-30/h3-7,12,14H,2,8-11,13H2,1H3,(H,27,31). The van der Waals surface area contributed by atoms with Crippen molar-refractivity contribution in [3.8, 4) is 17.0 Å². The van der Waals surface area contributed by atoms with Gasteiger partial charge in [0.1, 0.15) is 5.82 Å². The average molecular weight is 455 g/mol. The largest absolute Gasteiger partial charge is 0.491 e. The van der Waals surface area contributed by atoms with Crippen molar-refractivity contribution >= 4 is 11.7 Å². The van der Waals surface area contributed by atoms with Crippen LogP contribution in [0.2, 0.25) is 0 Å². The zero-order valence-corrected chi connectivity index (χ0v) is 18.1. The second-order valence-electron chi connectivity index (χ2n) is 7.27. The predicted octanol–water partition coefficient (Wildman–Crippen LogP) is 2.98. The van der Waals surface area contributed by atoms with E-state index in [4.69, 9.17) is 9.47 Å². The second kappa shape index (κ2) is 10.3. The molecule has 33 heavy (non-hydrogen) atoms. The van der Waals surface area contributed by atoms with Gasteiger partial charge in [-0.05, 0) is 31.2 Å². The van der Waals surface area contributed by atoms with Crippen molar-refractivity contribution in [3.63, 3.8) is 0 Å². The number of halogens is 2. The lowest BCUT2D eigenvalue weighted by molar-refractivity contribution is 0.0950. The van der Waals surface area contributed by atoms with E-state index in [9.17, 15) is 13.6 Å². The molecule has 1 aliphatic heterocycles. The summed E-state index contributed by atoms with van der Waals surface area (Å²) in [6.07, 6.45) is 2.98. The van der Waals surface area contributed by atoms with Crippen LogP contribution in [0.5, 0.6) is 5.75 Å². The Labute approximate surface area is 189 Å². The smallest absolute Gasteiger partial charge is 0.253 e. The molecule has 1 amide bonds. The van der Waals surface area contributed by atoms with Crippen LogP contribution in [0, 0.1) is 11.6 Å². The van der Waals surface area contributed by atoms with Crippen molar-refractivity contribution in [2.75, 3.05) is 37.8 Å². The highest BCUT2D eigenvalue weighted by Gasteiger charge is 2.19. The third kappa shape index (κ3) is 5.06. The van der Waals surface area contributed by atoms with E-state index < -0.39 is 17.5 Å². The maximum absolute atomic E-state index is 14.6. The van der Waals surface area contributed by atoms with Crippen LogP contribution in [0.15, 0.2) is 42.7 Å². The maximum atomic E-state index is 14.6. The van der Waals surface area contributed by atoms with Crippen LogP contribution in [-0.4, -0.2) is 54.0 Å². The molecule has 3 aromatic rings. The molecule has 8 nitrogen and oxygen atoms in total. The second-order valence-corrected chi connectivity index (χ2v) is 7.27. The first-order chi connectivity index (χ1) is 16.1. The number of anilines is 1. The molecule has 4 rings (SSSR count). The van der Waals surface area contributed by atoms with Crippen molar-refractivity contribution in [2.45, 2.75) is 13.5 Å². The molecule has 0 atom stereocenters. The fourth-order valence-electron chi connectivity index (χ4n) is 3.52. The molecule has 172 valence electrons. The van der Waals surface area contributed by atoms with E-state index in [0.29, 0.717) is 13.2 Å². The number of pyridine rings is 1. The summed E-state index contributed by atoms with van der Waals surface area (Å²) < 4.78 is 39.3. The van der Waals surface area contributed by atoms with Gasteiger partial charge in [-0.1, -0.05) is 6.07 Å². The Morgan fingerprint density at radius 1 is 1.21 bits per heavy atom. The average Bonchev–Trinajstić information content (AvgIpc) is 2.86. The Morgan fingerprint density at radius 2 is 2.03 bits per heavy atom. The number of carbonyl (C=O) groups excluding carboxylic acids is 1. The molecule has 0 radical (unpaired) electrons. The molecule has 2 aromatic heterocycles. The third-order valence-corrected chi connectivity index (χ3v) is 5.16. The molecule has 0 unspecified atom stereocenters. The monoisotopic (exact) mass is 455 g/mol. The normalized spacial score (nSPS) is 13.6. The van der Waals surface area contributed by atoms with Gasteiger partial charge in [0.25, 0.3) is 5.91 Å². The van der Waals surface area contributed by atoms with Gasteiger partial charge in [0.15, 0.2) is 11.6 Å².